The summed E-state index contributed by atoms with van der Waals surface area (Å²) in [6, 6.07) is 0. The second-order valence-corrected chi connectivity index (χ2v) is 15.9. The standard InChI is InChI=1S/C33H58O2/c1-7-33(35)19-18-31(5)24(21-33)8-9-25-27-11-10-26(32(27,6)17-14-28(25)31)22(2)29(34)20-23-12-15-30(3,4)16-13-23/h22-29,34-35H,7-21H2,1-6H3/t22-,24?,25-,26+,27-,28-,29-,31?,32?,33-/m0/s1. The van der Waals surface area contributed by atoms with Crippen LogP contribution in [0.15, 0.2) is 0 Å². The molecule has 5 fully saturated rings. The normalized spacial score (nSPS) is 49.5. The average molecular weight is 487 g/mol. The molecule has 10 atom stereocenters. The van der Waals surface area contributed by atoms with Gasteiger partial charge in [-0.2, -0.15) is 0 Å². The van der Waals surface area contributed by atoms with Gasteiger partial charge in [-0.3, -0.25) is 0 Å². The van der Waals surface area contributed by atoms with Gasteiger partial charge in [0.15, 0.2) is 0 Å². The van der Waals surface area contributed by atoms with Crippen molar-refractivity contribution >= 4 is 0 Å². The summed E-state index contributed by atoms with van der Waals surface area (Å²) < 4.78 is 0. The van der Waals surface area contributed by atoms with E-state index in [1.807, 2.05) is 0 Å². The van der Waals surface area contributed by atoms with E-state index in [-0.39, 0.29) is 6.10 Å². The molecule has 5 aliphatic carbocycles. The highest BCUT2D eigenvalue weighted by molar-refractivity contribution is 5.11. The smallest absolute Gasteiger partial charge is 0.0648 e. The maximum atomic E-state index is 11.4. The number of aliphatic hydroxyl groups excluding tert-OH is 1. The van der Waals surface area contributed by atoms with E-state index in [9.17, 15) is 10.2 Å². The van der Waals surface area contributed by atoms with Gasteiger partial charge in [-0.25, -0.2) is 0 Å². The van der Waals surface area contributed by atoms with E-state index in [2.05, 4.69) is 41.5 Å². The Morgan fingerprint density at radius 3 is 2.14 bits per heavy atom. The first-order valence-electron chi connectivity index (χ1n) is 15.8. The minimum absolute atomic E-state index is 0.113. The van der Waals surface area contributed by atoms with Crippen LogP contribution in [0.4, 0.5) is 0 Å². The van der Waals surface area contributed by atoms with Crippen LogP contribution < -0.4 is 0 Å². The Balaban J connectivity index is 1.25. The fourth-order valence-electron chi connectivity index (χ4n) is 11.1. The Morgan fingerprint density at radius 2 is 1.46 bits per heavy atom. The van der Waals surface area contributed by atoms with Crippen LogP contribution in [0.2, 0.25) is 0 Å². The van der Waals surface area contributed by atoms with E-state index < -0.39 is 5.60 Å². The molecule has 202 valence electrons. The molecular formula is C33H58O2. The predicted octanol–water partition coefficient (Wildman–Crippen LogP) is 8.39. The molecule has 2 N–H and O–H groups in total. The maximum absolute atomic E-state index is 11.4. The molecule has 0 radical (unpaired) electrons. The van der Waals surface area contributed by atoms with Crippen molar-refractivity contribution in [1.29, 1.82) is 0 Å². The van der Waals surface area contributed by atoms with E-state index >= 15 is 0 Å². The molecule has 0 aromatic carbocycles. The molecular weight excluding hydrogens is 428 g/mol. The highest BCUT2D eigenvalue weighted by Gasteiger charge is 2.61. The number of hydrogen-bond donors (Lipinski definition) is 2. The SMILES string of the molecule is CC[C@]1(O)CCC2(C)C(CC[C@@H]3[C@@H]2CCC2(C)[C@@H]([C@H](C)[C@@H](O)CC4CCC(C)(C)CC4)CC[C@@H]32)C1. The van der Waals surface area contributed by atoms with Crippen molar-refractivity contribution in [3.63, 3.8) is 0 Å². The highest BCUT2D eigenvalue weighted by Crippen LogP contribution is 2.69. The van der Waals surface area contributed by atoms with Gasteiger partial charge in [0, 0.05) is 0 Å². The summed E-state index contributed by atoms with van der Waals surface area (Å²) in [6.45, 7) is 14.7. The quantitative estimate of drug-likeness (QED) is 0.409. The first-order chi connectivity index (χ1) is 16.4. The molecule has 3 unspecified atom stereocenters. The molecule has 35 heavy (non-hydrogen) atoms. The van der Waals surface area contributed by atoms with Crippen molar-refractivity contribution in [2.45, 2.75) is 150 Å². The van der Waals surface area contributed by atoms with Crippen molar-refractivity contribution < 1.29 is 10.2 Å². The van der Waals surface area contributed by atoms with Gasteiger partial charge in [-0.1, -0.05) is 41.5 Å². The first kappa shape index (κ1) is 26.5. The molecule has 5 aliphatic rings. The Bertz CT molecular complexity index is 750. The fraction of sp³-hybridized carbons (Fsp3) is 1.00. The van der Waals surface area contributed by atoms with Crippen LogP contribution in [0.1, 0.15) is 138 Å². The summed E-state index contributed by atoms with van der Waals surface area (Å²) in [5, 5.41) is 22.5. The number of fused-ring (bicyclic) bond motifs is 5. The molecule has 0 saturated heterocycles. The van der Waals surface area contributed by atoms with Crippen LogP contribution >= 0.6 is 0 Å². The van der Waals surface area contributed by atoms with Crippen molar-refractivity contribution in [2.75, 3.05) is 0 Å². The third-order valence-corrected chi connectivity index (χ3v) is 13.8. The molecule has 0 spiro atoms. The molecule has 2 heteroatoms. The second kappa shape index (κ2) is 9.29. The lowest BCUT2D eigenvalue weighted by Crippen LogP contribution is -2.56. The molecule has 0 aromatic rings. The van der Waals surface area contributed by atoms with Gasteiger partial charge in [0.1, 0.15) is 0 Å². The third-order valence-electron chi connectivity index (χ3n) is 13.8. The Morgan fingerprint density at radius 1 is 0.771 bits per heavy atom. The lowest BCUT2D eigenvalue weighted by Gasteiger charge is -2.62. The van der Waals surface area contributed by atoms with Gasteiger partial charge in [0.25, 0.3) is 0 Å². The van der Waals surface area contributed by atoms with E-state index in [0.717, 1.165) is 55.3 Å². The molecule has 0 heterocycles. The van der Waals surface area contributed by atoms with Gasteiger partial charge in [0.2, 0.25) is 0 Å². The van der Waals surface area contributed by atoms with Crippen molar-refractivity contribution in [3.8, 4) is 0 Å². The van der Waals surface area contributed by atoms with E-state index in [4.69, 9.17) is 0 Å². The summed E-state index contributed by atoms with van der Waals surface area (Å²) >= 11 is 0. The van der Waals surface area contributed by atoms with Gasteiger partial charge < -0.3 is 10.2 Å². The van der Waals surface area contributed by atoms with Crippen LogP contribution in [0.5, 0.6) is 0 Å². The largest absolute Gasteiger partial charge is 0.393 e. The molecule has 5 saturated carbocycles. The van der Waals surface area contributed by atoms with Crippen molar-refractivity contribution in [1.82, 2.24) is 0 Å². The van der Waals surface area contributed by atoms with Crippen LogP contribution in [-0.4, -0.2) is 21.9 Å². The zero-order chi connectivity index (χ0) is 25.2. The Kier molecular flexibility index (Phi) is 7.04. The van der Waals surface area contributed by atoms with E-state index in [1.54, 1.807) is 0 Å². The lowest BCUT2D eigenvalue weighted by atomic mass is 9.43. The third kappa shape index (κ3) is 4.57. The first-order valence-corrected chi connectivity index (χ1v) is 15.8. The predicted molar refractivity (Wildman–Crippen MR) is 146 cm³/mol. The highest BCUT2D eigenvalue weighted by atomic mass is 16.3. The van der Waals surface area contributed by atoms with E-state index in [1.165, 1.54) is 70.6 Å². The van der Waals surface area contributed by atoms with Crippen LogP contribution in [0, 0.1) is 57.7 Å². The van der Waals surface area contributed by atoms with Crippen molar-refractivity contribution in [3.05, 3.63) is 0 Å². The second-order valence-electron chi connectivity index (χ2n) is 15.9. The minimum atomic E-state index is -0.391. The van der Waals surface area contributed by atoms with Crippen LogP contribution in [0.3, 0.4) is 0 Å². The maximum Gasteiger partial charge on any atom is 0.0648 e. The summed E-state index contributed by atoms with van der Waals surface area (Å²) in [7, 11) is 0. The van der Waals surface area contributed by atoms with Crippen LogP contribution in [-0.2, 0) is 0 Å². The molecule has 0 aliphatic heterocycles. The number of rotatable bonds is 5. The van der Waals surface area contributed by atoms with Crippen LogP contribution in [0.25, 0.3) is 0 Å². The Labute approximate surface area is 217 Å². The zero-order valence-electron chi connectivity index (χ0n) is 24.1. The number of hydrogen-bond acceptors (Lipinski definition) is 2. The molecule has 0 bridgehead atoms. The lowest BCUT2D eigenvalue weighted by molar-refractivity contribution is -0.154. The summed E-state index contributed by atoms with van der Waals surface area (Å²) in [5.41, 5.74) is 1.00. The zero-order valence-corrected chi connectivity index (χ0v) is 24.1. The minimum Gasteiger partial charge on any atom is -0.393 e. The van der Waals surface area contributed by atoms with Gasteiger partial charge in [-0.15, -0.1) is 0 Å². The number of aliphatic hydroxyl groups is 2. The van der Waals surface area contributed by atoms with E-state index in [0.29, 0.717) is 28.1 Å². The van der Waals surface area contributed by atoms with Gasteiger partial charge in [-0.05, 0) is 154 Å². The van der Waals surface area contributed by atoms with Gasteiger partial charge in [0.05, 0.1) is 11.7 Å². The topological polar surface area (TPSA) is 40.5 Å². The average Bonchev–Trinajstić information content (AvgIpc) is 3.17. The monoisotopic (exact) mass is 486 g/mol. The fourth-order valence-corrected chi connectivity index (χ4v) is 11.1. The summed E-state index contributed by atoms with van der Waals surface area (Å²) in [4.78, 5) is 0. The molecule has 0 amide bonds. The van der Waals surface area contributed by atoms with Gasteiger partial charge >= 0.3 is 0 Å². The summed E-state index contributed by atoms with van der Waals surface area (Å²) in [6.07, 6.45) is 18.7. The van der Waals surface area contributed by atoms with Crippen molar-refractivity contribution in [2.24, 2.45) is 57.7 Å². The molecule has 2 nitrogen and oxygen atoms in total. The molecule has 5 rings (SSSR count). The molecule has 0 aromatic heterocycles. The summed E-state index contributed by atoms with van der Waals surface area (Å²) in [5.74, 6) is 5.22. The Hall–Kier alpha value is -0.0800.